The molecule has 0 atom stereocenters. The van der Waals surface area contributed by atoms with Gasteiger partial charge < -0.3 is 15.1 Å². The number of nitrogens with one attached hydrogen (secondary N) is 1. The van der Waals surface area contributed by atoms with Crippen LogP contribution in [0.5, 0.6) is 0 Å². The van der Waals surface area contributed by atoms with Crippen LogP contribution in [0.4, 0.5) is 11.4 Å². The van der Waals surface area contributed by atoms with E-state index >= 15 is 0 Å². The number of amides is 2. The van der Waals surface area contributed by atoms with Gasteiger partial charge >= 0.3 is 0 Å². The minimum atomic E-state index is -0.292. The molecule has 0 saturated heterocycles. The summed E-state index contributed by atoms with van der Waals surface area (Å²) in [5.41, 5.74) is 2.87. The fraction of sp³-hybridized carbons (Fsp3) is 0.391. The van der Waals surface area contributed by atoms with Crippen molar-refractivity contribution in [2.24, 2.45) is 0 Å². The van der Waals surface area contributed by atoms with Gasteiger partial charge in [0.05, 0.1) is 0 Å². The molecule has 2 aromatic rings. The van der Waals surface area contributed by atoms with Crippen molar-refractivity contribution in [1.82, 2.24) is 4.90 Å². The number of benzene rings is 2. The van der Waals surface area contributed by atoms with Gasteiger partial charge in [-0.1, -0.05) is 30.3 Å². The first kappa shape index (κ1) is 21.5. The number of carbonyl (C=O) groups is 2. The van der Waals surface area contributed by atoms with Crippen molar-refractivity contribution >= 4 is 23.2 Å². The average Bonchev–Trinajstić information content (AvgIpc) is 2.68. The van der Waals surface area contributed by atoms with Crippen LogP contribution in [0.15, 0.2) is 54.6 Å². The molecule has 2 aromatic carbocycles. The Labute approximate surface area is 168 Å². The molecular weight excluding hydrogens is 350 g/mol. The second kappa shape index (κ2) is 10.5. The first-order valence-electron chi connectivity index (χ1n) is 9.92. The summed E-state index contributed by atoms with van der Waals surface area (Å²) in [6.45, 7) is 10.5. The molecule has 1 N–H and O–H groups in total. The predicted octanol–water partition coefficient (Wildman–Crippen LogP) is 4.30. The summed E-state index contributed by atoms with van der Waals surface area (Å²) in [4.78, 5) is 29.0. The first-order chi connectivity index (χ1) is 13.4. The lowest BCUT2D eigenvalue weighted by atomic mass is 10.1. The highest BCUT2D eigenvalue weighted by Crippen LogP contribution is 2.18. The Kier molecular flexibility index (Phi) is 8.05. The summed E-state index contributed by atoms with van der Waals surface area (Å²) < 4.78 is 0. The van der Waals surface area contributed by atoms with Gasteiger partial charge in [0.25, 0.3) is 0 Å². The second-order valence-corrected chi connectivity index (χ2v) is 7.05. The van der Waals surface area contributed by atoms with Gasteiger partial charge in [0.2, 0.25) is 11.8 Å². The van der Waals surface area contributed by atoms with E-state index in [9.17, 15) is 9.59 Å². The van der Waals surface area contributed by atoms with Gasteiger partial charge in [0.1, 0.15) is 6.42 Å². The normalized spacial score (nSPS) is 10.6. The third-order valence-corrected chi connectivity index (χ3v) is 4.73. The molecule has 0 heterocycles. The maximum Gasteiger partial charge on any atom is 0.233 e. The fourth-order valence-electron chi connectivity index (χ4n) is 3.13. The zero-order valence-corrected chi connectivity index (χ0v) is 17.3. The average molecular weight is 382 g/mol. The third-order valence-electron chi connectivity index (χ3n) is 4.73. The summed E-state index contributed by atoms with van der Waals surface area (Å²) in [5, 5.41) is 2.83. The van der Waals surface area contributed by atoms with Crippen LogP contribution in [0.3, 0.4) is 0 Å². The van der Waals surface area contributed by atoms with Crippen molar-refractivity contribution in [3.8, 4) is 0 Å². The van der Waals surface area contributed by atoms with E-state index in [0.717, 1.165) is 24.3 Å². The summed E-state index contributed by atoms with van der Waals surface area (Å²) in [6, 6.07) is 17.6. The molecule has 5 heteroatoms. The highest BCUT2D eigenvalue weighted by atomic mass is 16.2. The molecule has 0 aromatic heterocycles. The maximum absolute atomic E-state index is 12.7. The summed E-state index contributed by atoms with van der Waals surface area (Å²) >= 11 is 0. The minimum Gasteiger partial charge on any atom is -0.372 e. The van der Waals surface area contributed by atoms with E-state index in [-0.39, 0.29) is 24.3 Å². The lowest BCUT2D eigenvalue weighted by Crippen LogP contribution is -2.38. The number of hydrogen-bond acceptors (Lipinski definition) is 3. The summed E-state index contributed by atoms with van der Waals surface area (Å²) in [5.74, 6) is -0.463. The van der Waals surface area contributed by atoms with Crippen molar-refractivity contribution in [1.29, 1.82) is 0 Å². The Balaban J connectivity index is 1.95. The van der Waals surface area contributed by atoms with Gasteiger partial charge in [0, 0.05) is 37.1 Å². The SMILES string of the molecule is CCN(CC)c1ccc(NC(=O)CC(=O)N(Cc2ccccc2)C(C)C)cc1. The van der Waals surface area contributed by atoms with Crippen LogP contribution in [-0.4, -0.2) is 35.8 Å². The van der Waals surface area contributed by atoms with E-state index < -0.39 is 0 Å². The second-order valence-electron chi connectivity index (χ2n) is 7.05. The van der Waals surface area contributed by atoms with Crippen LogP contribution >= 0.6 is 0 Å². The lowest BCUT2D eigenvalue weighted by Gasteiger charge is -2.27. The zero-order chi connectivity index (χ0) is 20.5. The Morgan fingerprint density at radius 3 is 2.07 bits per heavy atom. The fourth-order valence-corrected chi connectivity index (χ4v) is 3.13. The van der Waals surface area contributed by atoms with Gasteiger partial charge in [-0.3, -0.25) is 9.59 Å². The Morgan fingerprint density at radius 2 is 1.54 bits per heavy atom. The number of hydrogen-bond donors (Lipinski definition) is 1. The molecule has 0 bridgehead atoms. The molecule has 5 nitrogen and oxygen atoms in total. The molecule has 0 aliphatic rings. The maximum atomic E-state index is 12.7. The van der Waals surface area contributed by atoms with Crippen molar-refractivity contribution in [2.75, 3.05) is 23.3 Å². The molecule has 2 rings (SSSR count). The molecule has 0 unspecified atom stereocenters. The molecule has 0 aliphatic heterocycles. The van der Waals surface area contributed by atoms with E-state index in [1.165, 1.54) is 0 Å². The highest BCUT2D eigenvalue weighted by Gasteiger charge is 2.20. The van der Waals surface area contributed by atoms with Crippen LogP contribution in [-0.2, 0) is 16.1 Å². The highest BCUT2D eigenvalue weighted by molar-refractivity contribution is 6.03. The Hall–Kier alpha value is -2.82. The minimum absolute atomic E-state index is 0.0221. The number of carbonyl (C=O) groups excluding carboxylic acids is 2. The van der Waals surface area contributed by atoms with E-state index in [4.69, 9.17) is 0 Å². The molecule has 2 amide bonds. The standard InChI is InChI=1S/C23H31N3O2/c1-5-25(6-2)21-14-12-20(13-15-21)24-22(27)16-23(28)26(18(3)4)17-19-10-8-7-9-11-19/h7-15,18H,5-6,16-17H2,1-4H3,(H,24,27). The largest absolute Gasteiger partial charge is 0.372 e. The number of anilines is 2. The predicted molar refractivity (Wildman–Crippen MR) is 115 cm³/mol. The molecule has 0 aliphatic carbocycles. The van der Waals surface area contributed by atoms with Gasteiger partial charge in [0.15, 0.2) is 0 Å². The molecule has 0 saturated carbocycles. The van der Waals surface area contributed by atoms with Crippen LogP contribution in [0.2, 0.25) is 0 Å². The molecule has 0 spiro atoms. The zero-order valence-electron chi connectivity index (χ0n) is 17.3. The summed E-state index contributed by atoms with van der Waals surface area (Å²) in [6.07, 6.45) is -0.164. The molecule has 28 heavy (non-hydrogen) atoms. The van der Waals surface area contributed by atoms with Gasteiger partial charge in [-0.15, -0.1) is 0 Å². The van der Waals surface area contributed by atoms with Crippen LogP contribution < -0.4 is 10.2 Å². The Morgan fingerprint density at radius 1 is 0.929 bits per heavy atom. The first-order valence-corrected chi connectivity index (χ1v) is 9.92. The quantitative estimate of drug-likeness (QED) is 0.659. The molecule has 0 radical (unpaired) electrons. The monoisotopic (exact) mass is 381 g/mol. The third kappa shape index (κ3) is 6.12. The van der Waals surface area contributed by atoms with Crippen molar-refractivity contribution in [3.63, 3.8) is 0 Å². The summed E-state index contributed by atoms with van der Waals surface area (Å²) in [7, 11) is 0. The van der Waals surface area contributed by atoms with E-state index in [1.54, 1.807) is 4.90 Å². The van der Waals surface area contributed by atoms with E-state index in [0.29, 0.717) is 12.2 Å². The van der Waals surface area contributed by atoms with Crippen molar-refractivity contribution in [2.45, 2.75) is 46.7 Å². The van der Waals surface area contributed by atoms with Gasteiger partial charge in [-0.25, -0.2) is 0 Å². The molecular formula is C23H31N3O2. The van der Waals surface area contributed by atoms with Gasteiger partial charge in [-0.05, 0) is 57.5 Å². The van der Waals surface area contributed by atoms with E-state index in [2.05, 4.69) is 24.1 Å². The van der Waals surface area contributed by atoms with Crippen LogP contribution in [0, 0.1) is 0 Å². The van der Waals surface area contributed by atoms with E-state index in [1.807, 2.05) is 68.4 Å². The van der Waals surface area contributed by atoms with Gasteiger partial charge in [-0.2, -0.15) is 0 Å². The lowest BCUT2D eigenvalue weighted by molar-refractivity contribution is -0.136. The topological polar surface area (TPSA) is 52.7 Å². The molecule has 150 valence electrons. The molecule has 0 fully saturated rings. The number of nitrogens with zero attached hydrogens (tertiary/aromatic N) is 2. The van der Waals surface area contributed by atoms with Crippen LogP contribution in [0.1, 0.15) is 39.7 Å². The number of rotatable bonds is 9. The van der Waals surface area contributed by atoms with Crippen molar-refractivity contribution in [3.05, 3.63) is 60.2 Å². The smallest absolute Gasteiger partial charge is 0.233 e. The Bertz CT molecular complexity index is 753. The van der Waals surface area contributed by atoms with Crippen LogP contribution in [0.25, 0.3) is 0 Å². The van der Waals surface area contributed by atoms with Crippen molar-refractivity contribution < 1.29 is 9.59 Å².